The molecule has 0 bridgehead atoms. The number of carbonyl (C=O) groups is 1. The Bertz CT molecular complexity index is 441. The monoisotopic (exact) mass is 321 g/mol. The van der Waals surface area contributed by atoms with Gasteiger partial charge >= 0.3 is 5.97 Å². The Labute approximate surface area is 127 Å². The molecule has 0 aliphatic carbocycles. The van der Waals surface area contributed by atoms with E-state index in [1.54, 1.807) is 23.9 Å². The molecule has 0 aromatic heterocycles. The summed E-state index contributed by atoms with van der Waals surface area (Å²) in [7, 11) is 0. The minimum atomic E-state index is -0.806. The third kappa shape index (κ3) is 6.04. The van der Waals surface area contributed by atoms with Crippen LogP contribution >= 0.6 is 35.0 Å². The number of hydrogen-bond acceptors (Lipinski definition) is 3. The molecule has 1 aromatic carbocycles. The molecule has 1 N–H and O–H groups in total. The average molecular weight is 322 g/mol. The topological polar surface area (TPSA) is 40.5 Å². The third-order valence-corrected chi connectivity index (χ3v) is 4.31. The third-order valence-electron chi connectivity index (χ3n) is 2.60. The molecule has 1 rings (SSSR count). The molecule has 19 heavy (non-hydrogen) atoms. The minimum absolute atomic E-state index is 0.0570. The largest absolute Gasteiger partial charge is 0.480 e. The summed E-state index contributed by atoms with van der Waals surface area (Å²) in [5.41, 5.74) is 0. The number of hydrogen-bond donors (Lipinski definition) is 1. The van der Waals surface area contributed by atoms with E-state index in [2.05, 4.69) is 0 Å². The van der Waals surface area contributed by atoms with E-state index >= 15 is 0 Å². The van der Waals surface area contributed by atoms with Gasteiger partial charge in [0.1, 0.15) is 0 Å². The molecule has 0 amide bonds. The molecule has 0 unspecified atom stereocenters. The standard InChI is InChI=1S/C13H17Cl2NO2S/c1-9(2)16(8-13(17)18)5-6-19-12-7-10(14)3-4-11(12)15/h3-4,7,9H,5-6,8H2,1-2H3,(H,17,18). The van der Waals surface area contributed by atoms with E-state index < -0.39 is 5.97 Å². The van der Waals surface area contributed by atoms with Gasteiger partial charge in [-0.15, -0.1) is 11.8 Å². The molecule has 0 aliphatic rings. The number of carboxylic acid groups (broad SMARTS) is 1. The van der Waals surface area contributed by atoms with Crippen LogP contribution in [0.4, 0.5) is 0 Å². The number of nitrogens with zero attached hydrogens (tertiary/aromatic N) is 1. The van der Waals surface area contributed by atoms with Crippen molar-refractivity contribution in [2.75, 3.05) is 18.8 Å². The second kappa shape index (κ2) is 8.00. The van der Waals surface area contributed by atoms with E-state index in [1.807, 2.05) is 24.8 Å². The summed E-state index contributed by atoms with van der Waals surface area (Å²) in [5.74, 6) is -0.0367. The number of benzene rings is 1. The number of thioether (sulfide) groups is 1. The highest BCUT2D eigenvalue weighted by atomic mass is 35.5. The summed E-state index contributed by atoms with van der Waals surface area (Å²) in [6, 6.07) is 5.54. The van der Waals surface area contributed by atoms with Gasteiger partial charge in [0.15, 0.2) is 0 Å². The lowest BCUT2D eigenvalue weighted by molar-refractivity contribution is -0.138. The van der Waals surface area contributed by atoms with Crippen molar-refractivity contribution in [3.63, 3.8) is 0 Å². The van der Waals surface area contributed by atoms with E-state index in [-0.39, 0.29) is 12.6 Å². The lowest BCUT2D eigenvalue weighted by Crippen LogP contribution is -2.37. The van der Waals surface area contributed by atoms with Crippen LogP contribution in [0.5, 0.6) is 0 Å². The van der Waals surface area contributed by atoms with E-state index in [0.717, 1.165) is 10.6 Å². The number of rotatable bonds is 7. The zero-order chi connectivity index (χ0) is 14.4. The summed E-state index contributed by atoms with van der Waals surface area (Å²) in [4.78, 5) is 13.6. The maximum absolute atomic E-state index is 10.8. The highest BCUT2D eigenvalue weighted by Crippen LogP contribution is 2.29. The normalized spacial score (nSPS) is 11.3. The molecule has 0 saturated carbocycles. The van der Waals surface area contributed by atoms with Crippen LogP contribution in [0.25, 0.3) is 0 Å². The highest BCUT2D eigenvalue weighted by molar-refractivity contribution is 7.99. The molecule has 0 radical (unpaired) electrons. The predicted octanol–water partition coefficient (Wildman–Crippen LogP) is 3.88. The summed E-state index contributed by atoms with van der Waals surface area (Å²) < 4.78 is 0. The summed E-state index contributed by atoms with van der Waals surface area (Å²) in [5, 5.41) is 10.2. The Hall–Kier alpha value is -0.420. The van der Waals surface area contributed by atoms with E-state index in [4.69, 9.17) is 28.3 Å². The van der Waals surface area contributed by atoms with Crippen molar-refractivity contribution >= 4 is 40.9 Å². The molecule has 0 atom stereocenters. The Balaban J connectivity index is 2.51. The summed E-state index contributed by atoms with van der Waals surface area (Å²) in [6.07, 6.45) is 0. The van der Waals surface area contributed by atoms with Crippen LogP contribution in [0.3, 0.4) is 0 Å². The smallest absolute Gasteiger partial charge is 0.317 e. The van der Waals surface area contributed by atoms with Gasteiger partial charge in [0, 0.05) is 28.3 Å². The van der Waals surface area contributed by atoms with Crippen LogP contribution in [-0.4, -0.2) is 40.9 Å². The average Bonchev–Trinajstić information content (AvgIpc) is 2.31. The number of halogens is 2. The van der Waals surface area contributed by atoms with Gasteiger partial charge in [-0.2, -0.15) is 0 Å². The van der Waals surface area contributed by atoms with Crippen LogP contribution in [0, 0.1) is 0 Å². The van der Waals surface area contributed by atoms with Crippen LogP contribution < -0.4 is 0 Å². The molecular formula is C13H17Cl2NO2S. The van der Waals surface area contributed by atoms with Gasteiger partial charge in [-0.25, -0.2) is 0 Å². The Morgan fingerprint density at radius 1 is 1.42 bits per heavy atom. The SMILES string of the molecule is CC(C)N(CCSc1cc(Cl)ccc1Cl)CC(=O)O. The second-order valence-corrected chi connectivity index (χ2v) is 6.36. The highest BCUT2D eigenvalue weighted by Gasteiger charge is 2.13. The van der Waals surface area contributed by atoms with Gasteiger partial charge in [-0.05, 0) is 32.0 Å². The Morgan fingerprint density at radius 3 is 2.68 bits per heavy atom. The van der Waals surface area contributed by atoms with Crippen LogP contribution in [0.1, 0.15) is 13.8 Å². The molecule has 1 aromatic rings. The molecule has 0 saturated heterocycles. The lowest BCUT2D eigenvalue weighted by Gasteiger charge is -2.24. The molecule has 6 heteroatoms. The first-order valence-corrected chi connectivity index (χ1v) is 7.68. The fraction of sp³-hybridized carbons (Fsp3) is 0.462. The zero-order valence-electron chi connectivity index (χ0n) is 10.9. The Morgan fingerprint density at radius 2 is 2.11 bits per heavy atom. The number of aliphatic carboxylic acids is 1. The van der Waals surface area contributed by atoms with Crippen molar-refractivity contribution in [2.45, 2.75) is 24.8 Å². The van der Waals surface area contributed by atoms with Crippen LogP contribution in [-0.2, 0) is 4.79 Å². The maximum Gasteiger partial charge on any atom is 0.317 e. The van der Waals surface area contributed by atoms with E-state index in [0.29, 0.717) is 16.6 Å². The van der Waals surface area contributed by atoms with Crippen molar-refractivity contribution in [1.82, 2.24) is 4.90 Å². The van der Waals surface area contributed by atoms with Crippen LogP contribution in [0.15, 0.2) is 23.1 Å². The molecule has 106 valence electrons. The molecule has 0 aliphatic heterocycles. The van der Waals surface area contributed by atoms with Crippen molar-refractivity contribution < 1.29 is 9.90 Å². The van der Waals surface area contributed by atoms with Gasteiger partial charge in [0.05, 0.1) is 11.6 Å². The molecular weight excluding hydrogens is 305 g/mol. The second-order valence-electron chi connectivity index (χ2n) is 4.38. The van der Waals surface area contributed by atoms with E-state index in [9.17, 15) is 4.79 Å². The van der Waals surface area contributed by atoms with Crippen LogP contribution in [0.2, 0.25) is 10.0 Å². The zero-order valence-corrected chi connectivity index (χ0v) is 13.2. The van der Waals surface area contributed by atoms with Crippen molar-refractivity contribution in [2.24, 2.45) is 0 Å². The predicted molar refractivity (Wildman–Crippen MR) is 81.5 cm³/mol. The first-order chi connectivity index (χ1) is 8.90. The van der Waals surface area contributed by atoms with Gasteiger partial charge in [-0.3, -0.25) is 9.69 Å². The molecule has 3 nitrogen and oxygen atoms in total. The summed E-state index contributed by atoms with van der Waals surface area (Å²) >= 11 is 13.6. The van der Waals surface area contributed by atoms with Crippen molar-refractivity contribution in [3.8, 4) is 0 Å². The van der Waals surface area contributed by atoms with Crippen molar-refractivity contribution in [3.05, 3.63) is 28.2 Å². The number of carboxylic acids is 1. The quantitative estimate of drug-likeness (QED) is 0.774. The molecule has 0 heterocycles. The maximum atomic E-state index is 10.8. The molecule has 0 fully saturated rings. The van der Waals surface area contributed by atoms with E-state index in [1.165, 1.54) is 0 Å². The molecule has 0 spiro atoms. The van der Waals surface area contributed by atoms with Gasteiger partial charge in [0.25, 0.3) is 0 Å². The van der Waals surface area contributed by atoms with Gasteiger partial charge in [-0.1, -0.05) is 23.2 Å². The fourth-order valence-corrected chi connectivity index (χ4v) is 3.03. The summed E-state index contributed by atoms with van der Waals surface area (Å²) in [6.45, 7) is 4.72. The minimum Gasteiger partial charge on any atom is -0.480 e. The Kier molecular flexibility index (Phi) is 7.00. The van der Waals surface area contributed by atoms with Gasteiger partial charge < -0.3 is 5.11 Å². The van der Waals surface area contributed by atoms with Gasteiger partial charge in [0.2, 0.25) is 0 Å². The first-order valence-electron chi connectivity index (χ1n) is 5.94. The fourth-order valence-electron chi connectivity index (χ4n) is 1.55. The first kappa shape index (κ1) is 16.6. The van der Waals surface area contributed by atoms with Crippen molar-refractivity contribution in [1.29, 1.82) is 0 Å². The lowest BCUT2D eigenvalue weighted by atomic mass is 10.3.